The zero-order valence-corrected chi connectivity index (χ0v) is 13.7. The molecule has 1 aromatic carbocycles. The van der Waals surface area contributed by atoms with Crippen molar-refractivity contribution in [1.82, 2.24) is 0 Å². The van der Waals surface area contributed by atoms with Crippen molar-refractivity contribution in [2.24, 2.45) is 5.41 Å². The Kier molecular flexibility index (Phi) is 5.12. The normalized spacial score (nSPS) is 21.7. The van der Waals surface area contributed by atoms with Crippen molar-refractivity contribution in [2.75, 3.05) is 0 Å². The largest absolute Gasteiger partial charge is 0.299 e. The second kappa shape index (κ2) is 6.87. The third kappa shape index (κ3) is 3.62. The van der Waals surface area contributed by atoms with Gasteiger partial charge in [-0.15, -0.1) is 0 Å². The van der Waals surface area contributed by atoms with Gasteiger partial charge in [0.2, 0.25) is 0 Å². The average molecular weight is 296 g/mol. The average Bonchev–Trinajstić information content (AvgIpc) is 2.49. The number of allylic oxidation sites excluding steroid dienone is 4. The van der Waals surface area contributed by atoms with Gasteiger partial charge in [-0.1, -0.05) is 42.5 Å². The van der Waals surface area contributed by atoms with E-state index in [2.05, 4.69) is 31.2 Å². The van der Waals surface area contributed by atoms with Crippen LogP contribution in [0.3, 0.4) is 0 Å². The van der Waals surface area contributed by atoms with E-state index in [-0.39, 0.29) is 11.6 Å². The quantitative estimate of drug-likeness (QED) is 0.756. The van der Waals surface area contributed by atoms with Crippen LogP contribution >= 0.6 is 0 Å². The van der Waals surface area contributed by atoms with Gasteiger partial charge in [0.25, 0.3) is 0 Å². The van der Waals surface area contributed by atoms with Crippen molar-refractivity contribution in [2.45, 2.75) is 46.5 Å². The lowest BCUT2D eigenvalue weighted by Gasteiger charge is -2.31. The summed E-state index contributed by atoms with van der Waals surface area (Å²) in [4.78, 5) is 23.6. The summed E-state index contributed by atoms with van der Waals surface area (Å²) in [5.74, 6) is 0.313. The summed E-state index contributed by atoms with van der Waals surface area (Å²) in [7, 11) is 0. The molecule has 22 heavy (non-hydrogen) atoms. The highest BCUT2D eigenvalue weighted by Crippen LogP contribution is 2.38. The van der Waals surface area contributed by atoms with Gasteiger partial charge in [0.1, 0.15) is 5.78 Å². The Balaban J connectivity index is 2.14. The maximum Gasteiger partial charge on any atom is 0.155 e. The minimum atomic E-state index is -0.429. The van der Waals surface area contributed by atoms with Crippen molar-refractivity contribution in [3.8, 4) is 0 Å². The fourth-order valence-corrected chi connectivity index (χ4v) is 3.03. The minimum absolute atomic E-state index is 0.126. The van der Waals surface area contributed by atoms with Gasteiger partial charge in [0.05, 0.1) is 5.41 Å². The van der Waals surface area contributed by atoms with E-state index in [1.54, 1.807) is 13.8 Å². The standard InChI is InChI=1S/C20H24O2/c1-15-7-4-5-8-18(15)9-6-12-20(17(3)22)13-10-19(11-14-20)16(2)21/h4-8,10,12H,9,11,13-14H2,1-3H3/b12-6+/t20-/m1/s1. The van der Waals surface area contributed by atoms with Crippen molar-refractivity contribution in [3.05, 3.63) is 59.2 Å². The van der Waals surface area contributed by atoms with Crippen LogP contribution in [-0.4, -0.2) is 11.6 Å². The Morgan fingerprint density at radius 2 is 1.95 bits per heavy atom. The molecule has 0 heterocycles. The van der Waals surface area contributed by atoms with E-state index in [0.29, 0.717) is 12.8 Å². The van der Waals surface area contributed by atoms with Gasteiger partial charge in [-0.05, 0) is 63.2 Å². The number of aryl methyl sites for hydroxylation is 1. The summed E-state index contributed by atoms with van der Waals surface area (Å²) in [6.45, 7) is 5.36. The van der Waals surface area contributed by atoms with Crippen LogP contribution in [0, 0.1) is 12.3 Å². The maximum atomic E-state index is 12.1. The van der Waals surface area contributed by atoms with Crippen molar-refractivity contribution < 1.29 is 9.59 Å². The molecule has 0 fully saturated rings. The summed E-state index contributed by atoms with van der Waals surface area (Å²) in [6, 6.07) is 8.30. The van der Waals surface area contributed by atoms with E-state index in [1.807, 2.05) is 18.2 Å². The van der Waals surface area contributed by atoms with E-state index in [0.717, 1.165) is 18.4 Å². The molecule has 116 valence electrons. The molecule has 0 aromatic heterocycles. The number of carbonyl (C=O) groups excluding carboxylic acids is 2. The summed E-state index contributed by atoms with van der Waals surface area (Å²) in [5.41, 5.74) is 2.99. The van der Waals surface area contributed by atoms with Crippen molar-refractivity contribution in [1.29, 1.82) is 0 Å². The first-order valence-electron chi connectivity index (χ1n) is 7.88. The molecule has 0 saturated carbocycles. The van der Waals surface area contributed by atoms with Crippen LogP contribution in [0.25, 0.3) is 0 Å². The Morgan fingerprint density at radius 3 is 2.50 bits per heavy atom. The van der Waals surface area contributed by atoms with Gasteiger partial charge in [0, 0.05) is 0 Å². The van der Waals surface area contributed by atoms with E-state index >= 15 is 0 Å². The first-order valence-corrected chi connectivity index (χ1v) is 7.88. The Bertz CT molecular complexity index is 637. The molecular weight excluding hydrogens is 272 g/mol. The van der Waals surface area contributed by atoms with Crippen LogP contribution in [0.5, 0.6) is 0 Å². The van der Waals surface area contributed by atoms with Crippen LogP contribution in [0.4, 0.5) is 0 Å². The van der Waals surface area contributed by atoms with Crippen molar-refractivity contribution >= 4 is 11.6 Å². The first kappa shape index (κ1) is 16.4. The third-order valence-electron chi connectivity index (χ3n) is 4.74. The summed E-state index contributed by atoms with van der Waals surface area (Å²) in [5, 5.41) is 0. The molecule has 0 N–H and O–H groups in total. The molecule has 2 nitrogen and oxygen atoms in total. The summed E-state index contributed by atoms with van der Waals surface area (Å²) < 4.78 is 0. The fourth-order valence-electron chi connectivity index (χ4n) is 3.03. The van der Waals surface area contributed by atoms with Gasteiger partial charge >= 0.3 is 0 Å². The number of hydrogen-bond acceptors (Lipinski definition) is 2. The van der Waals surface area contributed by atoms with Crippen LogP contribution in [0.2, 0.25) is 0 Å². The Hall–Kier alpha value is -1.96. The van der Waals surface area contributed by atoms with Crippen LogP contribution in [0.1, 0.15) is 44.2 Å². The number of carbonyl (C=O) groups is 2. The first-order chi connectivity index (χ1) is 10.4. The molecule has 0 saturated heterocycles. The molecular formula is C20H24O2. The number of hydrogen-bond donors (Lipinski definition) is 0. The maximum absolute atomic E-state index is 12.1. The molecule has 0 bridgehead atoms. The van der Waals surface area contributed by atoms with Gasteiger partial charge in [0.15, 0.2) is 5.78 Å². The topological polar surface area (TPSA) is 34.1 Å². The molecule has 1 aliphatic rings. The molecule has 0 aliphatic heterocycles. The number of Topliss-reactive ketones (excluding diaryl/α,β-unsaturated/α-hetero) is 2. The van der Waals surface area contributed by atoms with Gasteiger partial charge < -0.3 is 0 Å². The number of benzene rings is 1. The molecule has 0 radical (unpaired) electrons. The number of ketones is 2. The fraction of sp³-hybridized carbons (Fsp3) is 0.400. The van der Waals surface area contributed by atoms with Crippen LogP contribution in [-0.2, 0) is 16.0 Å². The highest BCUT2D eigenvalue weighted by Gasteiger charge is 2.34. The van der Waals surface area contributed by atoms with E-state index < -0.39 is 5.41 Å². The predicted molar refractivity (Wildman–Crippen MR) is 89.8 cm³/mol. The zero-order chi connectivity index (χ0) is 16.2. The third-order valence-corrected chi connectivity index (χ3v) is 4.74. The molecule has 0 amide bonds. The zero-order valence-electron chi connectivity index (χ0n) is 13.7. The predicted octanol–water partition coefficient (Wildman–Crippen LogP) is 4.37. The second-order valence-corrected chi connectivity index (χ2v) is 6.23. The molecule has 2 rings (SSSR count). The van der Waals surface area contributed by atoms with Crippen molar-refractivity contribution in [3.63, 3.8) is 0 Å². The monoisotopic (exact) mass is 296 g/mol. The summed E-state index contributed by atoms with van der Waals surface area (Å²) >= 11 is 0. The SMILES string of the molecule is CC(=O)C1=CC[C@@](/C=C/Cc2ccccc2C)(C(C)=O)CC1. The van der Waals surface area contributed by atoms with E-state index in [9.17, 15) is 9.59 Å². The molecule has 1 aromatic rings. The molecule has 1 atom stereocenters. The Labute approximate surface area is 132 Å². The molecule has 0 spiro atoms. The smallest absolute Gasteiger partial charge is 0.155 e. The molecule has 2 heteroatoms. The van der Waals surface area contributed by atoms with Crippen LogP contribution in [0.15, 0.2) is 48.1 Å². The Morgan fingerprint density at radius 1 is 1.23 bits per heavy atom. The molecule has 0 unspecified atom stereocenters. The van der Waals surface area contributed by atoms with Gasteiger partial charge in [-0.2, -0.15) is 0 Å². The van der Waals surface area contributed by atoms with E-state index in [4.69, 9.17) is 0 Å². The number of rotatable bonds is 5. The van der Waals surface area contributed by atoms with Crippen LogP contribution < -0.4 is 0 Å². The molecule has 1 aliphatic carbocycles. The lowest BCUT2D eigenvalue weighted by Crippen LogP contribution is -2.29. The lowest BCUT2D eigenvalue weighted by atomic mass is 9.71. The lowest BCUT2D eigenvalue weighted by molar-refractivity contribution is -0.125. The second-order valence-electron chi connectivity index (χ2n) is 6.23. The van der Waals surface area contributed by atoms with Gasteiger partial charge in [-0.3, -0.25) is 9.59 Å². The summed E-state index contributed by atoms with van der Waals surface area (Å²) in [6.07, 6.45) is 9.03. The highest BCUT2D eigenvalue weighted by atomic mass is 16.1. The van der Waals surface area contributed by atoms with E-state index in [1.165, 1.54) is 11.1 Å². The van der Waals surface area contributed by atoms with Gasteiger partial charge in [-0.25, -0.2) is 0 Å². The highest BCUT2D eigenvalue weighted by molar-refractivity contribution is 5.94. The minimum Gasteiger partial charge on any atom is -0.299 e.